The highest BCUT2D eigenvalue weighted by atomic mass is 16.5. The molecule has 172 valence electrons. The van der Waals surface area contributed by atoms with E-state index in [2.05, 4.69) is 10.6 Å². The largest absolute Gasteiger partial charge is 0.490 e. The minimum atomic E-state index is -0.383. The molecule has 34 heavy (non-hydrogen) atoms. The summed E-state index contributed by atoms with van der Waals surface area (Å²) in [5.74, 6) is 1.11. The van der Waals surface area contributed by atoms with Crippen LogP contribution in [0.4, 0.5) is 5.69 Å². The van der Waals surface area contributed by atoms with Crippen LogP contribution in [-0.2, 0) is 6.54 Å². The highest BCUT2D eigenvalue weighted by molar-refractivity contribution is 6.10. The second kappa shape index (κ2) is 11.4. The van der Waals surface area contributed by atoms with Gasteiger partial charge in [0, 0.05) is 0 Å². The molecule has 1 aromatic heterocycles. The lowest BCUT2D eigenvalue weighted by molar-refractivity contribution is 0.0949. The first-order chi connectivity index (χ1) is 16.7. The molecule has 4 aromatic rings. The quantitative estimate of drug-likeness (QED) is 0.331. The van der Waals surface area contributed by atoms with Crippen LogP contribution in [0.2, 0.25) is 0 Å². The number of amides is 2. The fraction of sp³-hybridized carbons (Fsp3) is 0.111. The van der Waals surface area contributed by atoms with Gasteiger partial charge in [0.1, 0.15) is 30.5 Å². The van der Waals surface area contributed by atoms with Gasteiger partial charge in [-0.3, -0.25) is 9.59 Å². The summed E-state index contributed by atoms with van der Waals surface area (Å²) in [6.07, 6.45) is 1.54. The Balaban J connectivity index is 1.38. The van der Waals surface area contributed by atoms with Gasteiger partial charge in [-0.2, -0.15) is 0 Å². The standard InChI is InChI=1S/C27H24N2O5/c30-26(28-19-21-11-8-16-32-21)22-12-4-6-14-24(22)29-27(31)23-13-5-7-15-25(23)34-18-17-33-20-9-2-1-3-10-20/h1-16H,17-19H2,(H,28,30)(H,29,31). The first-order valence-corrected chi connectivity index (χ1v) is 10.8. The molecule has 4 rings (SSSR count). The monoisotopic (exact) mass is 456 g/mol. The van der Waals surface area contributed by atoms with Crippen molar-refractivity contribution in [3.8, 4) is 11.5 Å². The Hall–Kier alpha value is -4.52. The molecule has 2 N–H and O–H groups in total. The van der Waals surface area contributed by atoms with E-state index in [0.29, 0.717) is 34.9 Å². The number of hydrogen-bond acceptors (Lipinski definition) is 5. The average molecular weight is 456 g/mol. The number of carbonyl (C=O) groups excluding carboxylic acids is 2. The van der Waals surface area contributed by atoms with Gasteiger partial charge in [-0.05, 0) is 48.5 Å². The van der Waals surface area contributed by atoms with Gasteiger partial charge in [-0.1, -0.05) is 42.5 Å². The second-order valence-corrected chi connectivity index (χ2v) is 7.27. The summed E-state index contributed by atoms with van der Waals surface area (Å²) >= 11 is 0. The molecule has 0 aliphatic rings. The van der Waals surface area contributed by atoms with Crippen LogP contribution in [0.5, 0.6) is 11.5 Å². The maximum absolute atomic E-state index is 13.0. The Morgan fingerprint density at radius 3 is 2.21 bits per heavy atom. The van der Waals surface area contributed by atoms with Crippen molar-refractivity contribution in [2.24, 2.45) is 0 Å². The Morgan fingerprint density at radius 1 is 0.706 bits per heavy atom. The maximum atomic E-state index is 13.0. The average Bonchev–Trinajstić information content (AvgIpc) is 3.40. The van der Waals surface area contributed by atoms with Crippen LogP contribution in [0.15, 0.2) is 102 Å². The molecule has 0 bridgehead atoms. The van der Waals surface area contributed by atoms with Crippen molar-refractivity contribution < 1.29 is 23.5 Å². The van der Waals surface area contributed by atoms with Crippen molar-refractivity contribution in [2.45, 2.75) is 6.54 Å². The van der Waals surface area contributed by atoms with E-state index in [-0.39, 0.29) is 25.0 Å². The van der Waals surface area contributed by atoms with Crippen LogP contribution in [0.1, 0.15) is 26.5 Å². The third-order valence-electron chi connectivity index (χ3n) is 4.91. The zero-order valence-electron chi connectivity index (χ0n) is 18.4. The highest BCUT2D eigenvalue weighted by Gasteiger charge is 2.17. The van der Waals surface area contributed by atoms with Crippen LogP contribution in [-0.4, -0.2) is 25.0 Å². The summed E-state index contributed by atoms with van der Waals surface area (Å²) in [7, 11) is 0. The lowest BCUT2D eigenvalue weighted by Gasteiger charge is -2.14. The molecule has 0 fully saturated rings. The molecule has 0 radical (unpaired) electrons. The summed E-state index contributed by atoms with van der Waals surface area (Å²) in [5, 5.41) is 5.61. The van der Waals surface area contributed by atoms with Gasteiger partial charge in [0.15, 0.2) is 0 Å². The summed E-state index contributed by atoms with van der Waals surface area (Å²) < 4.78 is 16.7. The van der Waals surface area contributed by atoms with Crippen molar-refractivity contribution in [1.82, 2.24) is 5.32 Å². The number of furan rings is 1. The van der Waals surface area contributed by atoms with Crippen molar-refractivity contribution in [2.75, 3.05) is 18.5 Å². The lowest BCUT2D eigenvalue weighted by Crippen LogP contribution is -2.24. The first kappa shape index (κ1) is 22.7. The number of rotatable bonds is 10. The zero-order chi connectivity index (χ0) is 23.6. The van der Waals surface area contributed by atoms with Crippen LogP contribution >= 0.6 is 0 Å². The molecule has 3 aromatic carbocycles. The van der Waals surface area contributed by atoms with Crippen molar-refractivity contribution in [3.05, 3.63) is 114 Å². The van der Waals surface area contributed by atoms with Crippen molar-refractivity contribution in [3.63, 3.8) is 0 Å². The van der Waals surface area contributed by atoms with E-state index < -0.39 is 0 Å². The minimum Gasteiger partial charge on any atom is -0.490 e. The fourth-order valence-electron chi connectivity index (χ4n) is 3.26. The first-order valence-electron chi connectivity index (χ1n) is 10.8. The molecular formula is C27H24N2O5. The van der Waals surface area contributed by atoms with Crippen LogP contribution in [0, 0.1) is 0 Å². The van der Waals surface area contributed by atoms with Crippen LogP contribution in [0.25, 0.3) is 0 Å². The molecular weight excluding hydrogens is 432 g/mol. The number of ether oxygens (including phenoxy) is 2. The number of nitrogens with one attached hydrogen (secondary N) is 2. The summed E-state index contributed by atoms with van der Waals surface area (Å²) in [4.78, 5) is 25.7. The number of para-hydroxylation sites is 3. The van der Waals surface area contributed by atoms with Gasteiger partial charge in [0.05, 0.1) is 29.6 Å². The van der Waals surface area contributed by atoms with E-state index in [1.165, 1.54) is 0 Å². The number of carbonyl (C=O) groups is 2. The normalized spacial score (nSPS) is 10.4. The Labute approximate surface area is 197 Å². The van der Waals surface area contributed by atoms with Crippen molar-refractivity contribution >= 4 is 17.5 Å². The Kier molecular flexibility index (Phi) is 7.58. The van der Waals surface area contributed by atoms with E-state index >= 15 is 0 Å². The number of anilines is 1. The molecule has 0 unspecified atom stereocenters. The minimum absolute atomic E-state index is 0.246. The molecule has 0 aliphatic heterocycles. The number of hydrogen-bond donors (Lipinski definition) is 2. The zero-order valence-corrected chi connectivity index (χ0v) is 18.4. The third kappa shape index (κ3) is 6.04. The van der Waals surface area contributed by atoms with E-state index in [1.54, 1.807) is 66.9 Å². The van der Waals surface area contributed by atoms with E-state index in [1.807, 2.05) is 30.3 Å². The molecule has 7 heteroatoms. The molecule has 0 atom stereocenters. The third-order valence-corrected chi connectivity index (χ3v) is 4.91. The topological polar surface area (TPSA) is 89.8 Å². The van der Waals surface area contributed by atoms with Gasteiger partial charge in [0.25, 0.3) is 11.8 Å². The Morgan fingerprint density at radius 2 is 1.41 bits per heavy atom. The molecule has 1 heterocycles. The second-order valence-electron chi connectivity index (χ2n) is 7.27. The number of benzene rings is 3. The van der Waals surface area contributed by atoms with Gasteiger partial charge in [-0.25, -0.2) is 0 Å². The summed E-state index contributed by atoms with van der Waals surface area (Å²) in [6.45, 7) is 0.847. The molecule has 0 saturated heterocycles. The molecule has 0 spiro atoms. The van der Waals surface area contributed by atoms with Gasteiger partial charge in [-0.15, -0.1) is 0 Å². The predicted octanol–water partition coefficient (Wildman–Crippen LogP) is 4.92. The van der Waals surface area contributed by atoms with Gasteiger partial charge < -0.3 is 24.5 Å². The Bertz CT molecular complexity index is 1220. The summed E-state index contributed by atoms with van der Waals surface area (Å²) in [5.41, 5.74) is 1.09. The fourth-order valence-corrected chi connectivity index (χ4v) is 3.26. The van der Waals surface area contributed by atoms with Gasteiger partial charge in [0.2, 0.25) is 0 Å². The van der Waals surface area contributed by atoms with Crippen molar-refractivity contribution in [1.29, 1.82) is 0 Å². The van der Waals surface area contributed by atoms with E-state index in [0.717, 1.165) is 5.75 Å². The molecule has 7 nitrogen and oxygen atoms in total. The van der Waals surface area contributed by atoms with Crippen LogP contribution in [0.3, 0.4) is 0 Å². The smallest absolute Gasteiger partial charge is 0.259 e. The predicted molar refractivity (Wildman–Crippen MR) is 128 cm³/mol. The maximum Gasteiger partial charge on any atom is 0.259 e. The molecule has 2 amide bonds. The highest BCUT2D eigenvalue weighted by Crippen LogP contribution is 2.22. The van der Waals surface area contributed by atoms with E-state index in [9.17, 15) is 9.59 Å². The summed E-state index contributed by atoms with van der Waals surface area (Å²) in [6, 6.07) is 26.7. The van der Waals surface area contributed by atoms with Crippen LogP contribution < -0.4 is 20.1 Å². The molecule has 0 aliphatic carbocycles. The van der Waals surface area contributed by atoms with Gasteiger partial charge >= 0.3 is 0 Å². The van der Waals surface area contributed by atoms with E-state index in [4.69, 9.17) is 13.9 Å². The lowest BCUT2D eigenvalue weighted by atomic mass is 10.1. The molecule has 0 saturated carbocycles. The SMILES string of the molecule is O=C(NCc1ccco1)c1ccccc1NC(=O)c1ccccc1OCCOc1ccccc1.